The van der Waals surface area contributed by atoms with Gasteiger partial charge in [-0.15, -0.1) is 0 Å². The van der Waals surface area contributed by atoms with Crippen LogP contribution in [-0.2, 0) is 0 Å². The van der Waals surface area contributed by atoms with Gasteiger partial charge in [-0.1, -0.05) is 4.99 Å². The van der Waals surface area contributed by atoms with E-state index in [0.717, 1.165) is 0 Å². The standard InChI is InChI=1S/C7H6IN2/c8-6-1-2-7-3-9-5-10(7)4-6/h1-5,7H/q+1. The Morgan fingerprint density at radius 3 is 3.40 bits per heavy atom. The fraction of sp³-hybridized carbons (Fsp3) is 0.143. The topological polar surface area (TPSA) is 15.4 Å². The van der Waals surface area contributed by atoms with E-state index in [1.807, 2.05) is 12.6 Å². The predicted molar refractivity (Wildman–Crippen MR) is 49.8 cm³/mol. The lowest BCUT2D eigenvalue weighted by atomic mass is 10.2. The van der Waals surface area contributed by atoms with E-state index in [1.165, 1.54) is 3.58 Å². The number of aliphatic imine (C=N–C) groups is 1. The van der Waals surface area contributed by atoms with Crippen LogP contribution in [0, 0.1) is 0 Å². The molecule has 2 rings (SSSR count). The Balaban J connectivity index is 2.39. The van der Waals surface area contributed by atoms with Crippen molar-refractivity contribution in [3.63, 3.8) is 0 Å². The molecule has 0 radical (unpaired) electrons. The number of allylic oxidation sites excluding steroid dienone is 2. The average Bonchev–Trinajstić information content (AvgIpc) is 2.33. The Morgan fingerprint density at radius 2 is 2.50 bits per heavy atom. The summed E-state index contributed by atoms with van der Waals surface area (Å²) in [7, 11) is 0. The van der Waals surface area contributed by atoms with E-state index < -0.39 is 0 Å². The maximum Gasteiger partial charge on any atom is 0.286 e. The summed E-state index contributed by atoms with van der Waals surface area (Å²) in [4.78, 5) is 4.04. The van der Waals surface area contributed by atoms with E-state index in [-0.39, 0.29) is 0 Å². The first-order valence-corrected chi connectivity index (χ1v) is 4.14. The van der Waals surface area contributed by atoms with Crippen LogP contribution >= 0.6 is 22.6 Å². The van der Waals surface area contributed by atoms with Gasteiger partial charge in [0, 0.05) is 0 Å². The largest absolute Gasteiger partial charge is 0.286 e. The quantitative estimate of drug-likeness (QED) is 0.452. The number of halogens is 1. The van der Waals surface area contributed by atoms with Crippen molar-refractivity contribution in [3.05, 3.63) is 21.9 Å². The summed E-state index contributed by atoms with van der Waals surface area (Å²) < 4.78 is 3.33. The van der Waals surface area contributed by atoms with Gasteiger partial charge < -0.3 is 0 Å². The third-order valence-electron chi connectivity index (χ3n) is 1.51. The molecule has 0 fully saturated rings. The molecular formula is C7H6IN2+. The minimum Gasteiger partial charge on any atom is -0.222 e. The summed E-state index contributed by atoms with van der Waals surface area (Å²) in [5.41, 5.74) is 0. The molecule has 0 aromatic heterocycles. The second-order valence-electron chi connectivity index (χ2n) is 2.22. The van der Waals surface area contributed by atoms with Gasteiger partial charge in [-0.2, -0.15) is 0 Å². The summed E-state index contributed by atoms with van der Waals surface area (Å²) in [6, 6.07) is 0.374. The molecule has 0 aliphatic carbocycles. The summed E-state index contributed by atoms with van der Waals surface area (Å²) in [6.07, 6.45) is 10.1. The number of hydrogen-bond acceptors (Lipinski definition) is 1. The van der Waals surface area contributed by atoms with Crippen molar-refractivity contribution in [1.29, 1.82) is 0 Å². The summed E-state index contributed by atoms with van der Waals surface area (Å²) in [5, 5.41) is 0. The van der Waals surface area contributed by atoms with E-state index in [9.17, 15) is 0 Å². The van der Waals surface area contributed by atoms with Crippen LogP contribution in [0.25, 0.3) is 0 Å². The predicted octanol–water partition coefficient (Wildman–Crippen LogP) is 1.33. The van der Waals surface area contributed by atoms with Crippen LogP contribution in [0.2, 0.25) is 0 Å². The Morgan fingerprint density at radius 1 is 1.60 bits per heavy atom. The molecule has 0 aromatic carbocycles. The monoisotopic (exact) mass is 245 g/mol. The van der Waals surface area contributed by atoms with E-state index in [2.05, 4.69) is 50.5 Å². The van der Waals surface area contributed by atoms with E-state index in [1.54, 1.807) is 0 Å². The van der Waals surface area contributed by atoms with E-state index in [0.29, 0.717) is 6.04 Å². The molecule has 0 aromatic rings. The first-order valence-electron chi connectivity index (χ1n) is 3.06. The third kappa shape index (κ3) is 0.941. The highest BCUT2D eigenvalue weighted by Crippen LogP contribution is 2.15. The highest BCUT2D eigenvalue weighted by atomic mass is 127. The fourth-order valence-electron chi connectivity index (χ4n) is 1.00. The average molecular weight is 245 g/mol. The molecule has 0 saturated heterocycles. The Kier molecular flexibility index (Phi) is 1.44. The van der Waals surface area contributed by atoms with Gasteiger partial charge in [0.1, 0.15) is 6.20 Å². The maximum absolute atomic E-state index is 4.04. The molecule has 2 heterocycles. The van der Waals surface area contributed by atoms with Crippen LogP contribution in [0.15, 0.2) is 26.9 Å². The van der Waals surface area contributed by atoms with Crippen LogP contribution in [0.1, 0.15) is 0 Å². The molecule has 0 amide bonds. The van der Waals surface area contributed by atoms with Gasteiger partial charge in [-0.05, 0) is 34.7 Å². The second kappa shape index (κ2) is 2.30. The van der Waals surface area contributed by atoms with Crippen molar-refractivity contribution in [2.45, 2.75) is 6.04 Å². The smallest absolute Gasteiger partial charge is 0.222 e. The highest BCUT2D eigenvalue weighted by molar-refractivity contribution is 14.1. The Bertz CT molecular complexity index is 273. The Hall–Kier alpha value is -0.450. The van der Waals surface area contributed by atoms with Gasteiger partial charge in [0.2, 0.25) is 0 Å². The summed E-state index contributed by atoms with van der Waals surface area (Å²) in [5.74, 6) is 0. The normalized spacial score (nSPS) is 27.9. The first kappa shape index (κ1) is 6.27. The molecule has 0 N–H and O–H groups in total. The zero-order chi connectivity index (χ0) is 6.97. The minimum atomic E-state index is 0.374. The molecule has 10 heavy (non-hydrogen) atoms. The molecular weight excluding hydrogens is 239 g/mol. The highest BCUT2D eigenvalue weighted by Gasteiger charge is 2.19. The molecule has 0 saturated carbocycles. The number of fused-ring (bicyclic) bond motifs is 1. The Labute approximate surface area is 72.8 Å². The van der Waals surface area contributed by atoms with Crippen molar-refractivity contribution >= 4 is 35.1 Å². The van der Waals surface area contributed by atoms with Crippen LogP contribution in [-0.4, -0.2) is 23.2 Å². The lowest BCUT2D eigenvalue weighted by Crippen LogP contribution is -2.19. The molecule has 50 valence electrons. The number of rotatable bonds is 0. The lowest BCUT2D eigenvalue weighted by molar-refractivity contribution is -0.459. The van der Waals surface area contributed by atoms with Gasteiger partial charge in [-0.3, -0.25) is 0 Å². The fourth-order valence-corrected chi connectivity index (χ4v) is 1.53. The van der Waals surface area contributed by atoms with Crippen molar-refractivity contribution in [3.8, 4) is 0 Å². The van der Waals surface area contributed by atoms with Crippen LogP contribution in [0.5, 0.6) is 0 Å². The zero-order valence-corrected chi connectivity index (χ0v) is 7.39. The molecule has 2 aliphatic rings. The number of hydrogen-bond donors (Lipinski definition) is 0. The first-order chi connectivity index (χ1) is 4.86. The van der Waals surface area contributed by atoms with Crippen molar-refractivity contribution < 1.29 is 4.58 Å². The van der Waals surface area contributed by atoms with Crippen LogP contribution < -0.4 is 0 Å². The summed E-state index contributed by atoms with van der Waals surface area (Å²) in [6.45, 7) is 0. The zero-order valence-electron chi connectivity index (χ0n) is 5.24. The second-order valence-corrected chi connectivity index (χ2v) is 3.47. The van der Waals surface area contributed by atoms with Gasteiger partial charge in [0.05, 0.1) is 3.58 Å². The van der Waals surface area contributed by atoms with Gasteiger partial charge in [0.25, 0.3) is 6.34 Å². The number of nitrogens with zero attached hydrogens (tertiary/aromatic N) is 2. The van der Waals surface area contributed by atoms with E-state index in [4.69, 9.17) is 0 Å². The van der Waals surface area contributed by atoms with Gasteiger partial charge >= 0.3 is 0 Å². The van der Waals surface area contributed by atoms with Gasteiger partial charge in [-0.25, -0.2) is 4.58 Å². The van der Waals surface area contributed by atoms with Crippen molar-refractivity contribution in [2.75, 3.05) is 0 Å². The molecule has 1 unspecified atom stereocenters. The maximum atomic E-state index is 4.04. The molecule has 0 bridgehead atoms. The SMILES string of the molecule is IC1=C[N+]2=CN=CC2C=C1. The van der Waals surface area contributed by atoms with Crippen LogP contribution in [0.4, 0.5) is 0 Å². The molecule has 0 spiro atoms. The minimum absolute atomic E-state index is 0.374. The molecule has 3 heteroatoms. The van der Waals surface area contributed by atoms with E-state index >= 15 is 0 Å². The summed E-state index contributed by atoms with van der Waals surface area (Å²) >= 11 is 2.29. The van der Waals surface area contributed by atoms with Crippen LogP contribution in [0.3, 0.4) is 0 Å². The molecule has 2 nitrogen and oxygen atoms in total. The molecule has 2 aliphatic heterocycles. The van der Waals surface area contributed by atoms with Gasteiger partial charge in [0.15, 0.2) is 12.3 Å². The van der Waals surface area contributed by atoms with Crippen molar-refractivity contribution in [1.82, 2.24) is 0 Å². The van der Waals surface area contributed by atoms with Crippen molar-refractivity contribution in [2.24, 2.45) is 4.99 Å². The lowest BCUT2D eigenvalue weighted by Gasteiger charge is -2.05. The molecule has 1 atom stereocenters. The third-order valence-corrected chi connectivity index (χ3v) is 2.15.